The van der Waals surface area contributed by atoms with Crippen molar-refractivity contribution >= 4 is 17.5 Å². The number of hydrogen-bond donors (Lipinski definition) is 1. The van der Waals surface area contributed by atoms with Gasteiger partial charge in [0.1, 0.15) is 17.6 Å². The van der Waals surface area contributed by atoms with E-state index in [0.29, 0.717) is 5.02 Å². The number of halogens is 1. The Morgan fingerprint density at radius 1 is 1.27 bits per heavy atom. The average Bonchev–Trinajstić information content (AvgIpc) is 3.07. The summed E-state index contributed by atoms with van der Waals surface area (Å²) in [7, 11) is 3.51. The molecule has 0 radical (unpaired) electrons. The van der Waals surface area contributed by atoms with Gasteiger partial charge in [0, 0.05) is 24.5 Å². The van der Waals surface area contributed by atoms with Crippen molar-refractivity contribution in [3.05, 3.63) is 82.9 Å². The van der Waals surface area contributed by atoms with Crippen LogP contribution in [0.4, 0.5) is 0 Å². The Kier molecular flexibility index (Phi) is 5.58. The van der Waals surface area contributed by atoms with Gasteiger partial charge in [-0.15, -0.1) is 0 Å². The fourth-order valence-corrected chi connectivity index (χ4v) is 3.00. The minimum absolute atomic E-state index is 0.131. The van der Waals surface area contributed by atoms with E-state index < -0.39 is 0 Å². The van der Waals surface area contributed by atoms with E-state index in [1.165, 1.54) is 0 Å². The molecule has 6 heteroatoms. The van der Waals surface area contributed by atoms with E-state index in [1.54, 1.807) is 19.4 Å². The van der Waals surface area contributed by atoms with Crippen molar-refractivity contribution in [2.45, 2.75) is 12.5 Å². The second kappa shape index (κ2) is 8.06. The highest BCUT2D eigenvalue weighted by Crippen LogP contribution is 2.24. The Bertz CT molecular complexity index is 907. The molecule has 1 atom stereocenters. The van der Waals surface area contributed by atoms with Crippen LogP contribution in [0.15, 0.2) is 60.9 Å². The summed E-state index contributed by atoms with van der Waals surface area (Å²) in [6.07, 6.45) is 3.76. The molecule has 2 aromatic carbocycles. The van der Waals surface area contributed by atoms with Crippen LogP contribution in [-0.4, -0.2) is 22.6 Å². The summed E-state index contributed by atoms with van der Waals surface area (Å²) in [5.74, 6) is 1.33. The lowest BCUT2D eigenvalue weighted by atomic mass is 10.0. The van der Waals surface area contributed by atoms with Gasteiger partial charge in [-0.3, -0.25) is 4.79 Å². The number of benzene rings is 2. The van der Waals surface area contributed by atoms with Crippen LogP contribution in [0.25, 0.3) is 0 Å². The molecule has 1 aromatic heterocycles. The van der Waals surface area contributed by atoms with Crippen LogP contribution in [-0.2, 0) is 18.3 Å². The molecular weight excluding hydrogens is 350 g/mol. The molecule has 0 aliphatic carbocycles. The summed E-state index contributed by atoms with van der Waals surface area (Å²) in [6.45, 7) is 0. The minimum atomic E-state index is -0.389. The minimum Gasteiger partial charge on any atom is -0.497 e. The number of carbonyl (C=O) groups is 1. The lowest BCUT2D eigenvalue weighted by Gasteiger charge is -2.20. The van der Waals surface area contributed by atoms with E-state index in [-0.39, 0.29) is 18.4 Å². The molecular formula is C20H20ClN3O2. The number of methoxy groups -OCH3 is 1. The number of ether oxygens (including phenoxy) is 1. The van der Waals surface area contributed by atoms with Crippen molar-refractivity contribution in [1.29, 1.82) is 0 Å². The topological polar surface area (TPSA) is 56.1 Å². The first-order valence-corrected chi connectivity index (χ1v) is 8.60. The number of nitrogens with zero attached hydrogens (tertiary/aromatic N) is 2. The normalized spacial score (nSPS) is 11.8. The van der Waals surface area contributed by atoms with Gasteiger partial charge < -0.3 is 14.6 Å². The van der Waals surface area contributed by atoms with Gasteiger partial charge in [0.25, 0.3) is 0 Å². The average molecular weight is 370 g/mol. The predicted octanol–water partition coefficient (Wildman–Crippen LogP) is 3.53. The van der Waals surface area contributed by atoms with Gasteiger partial charge in [0.2, 0.25) is 5.91 Å². The molecule has 0 saturated carbocycles. The zero-order valence-electron chi connectivity index (χ0n) is 14.6. The van der Waals surface area contributed by atoms with E-state index in [2.05, 4.69) is 10.3 Å². The van der Waals surface area contributed by atoms with Gasteiger partial charge in [0.15, 0.2) is 0 Å². The third-order valence-corrected chi connectivity index (χ3v) is 4.53. The number of imidazole rings is 1. The third kappa shape index (κ3) is 4.06. The van der Waals surface area contributed by atoms with Crippen LogP contribution < -0.4 is 10.1 Å². The highest BCUT2D eigenvalue weighted by Gasteiger charge is 2.21. The van der Waals surface area contributed by atoms with Crippen LogP contribution in [0.1, 0.15) is 23.0 Å². The highest BCUT2D eigenvalue weighted by atomic mass is 35.5. The van der Waals surface area contributed by atoms with Gasteiger partial charge in [0.05, 0.1) is 13.5 Å². The van der Waals surface area contributed by atoms with Crippen molar-refractivity contribution in [2.24, 2.45) is 7.05 Å². The third-order valence-electron chi connectivity index (χ3n) is 4.16. The van der Waals surface area contributed by atoms with E-state index in [0.717, 1.165) is 22.7 Å². The monoisotopic (exact) mass is 369 g/mol. The molecule has 0 spiro atoms. The molecule has 0 bridgehead atoms. The molecule has 5 nitrogen and oxygen atoms in total. The summed E-state index contributed by atoms with van der Waals surface area (Å²) in [6, 6.07) is 14.6. The standard InChI is InChI=1S/C20H20ClN3O2/c1-24-11-10-22-20(24)19(15-7-5-8-16(12-15)26-2)23-18(25)13-14-6-3-4-9-17(14)21/h3-12,19H,13H2,1-2H3,(H,23,25)/t19-/m0/s1. The molecule has 0 unspecified atom stereocenters. The first-order chi connectivity index (χ1) is 12.6. The number of aromatic nitrogens is 2. The number of aryl methyl sites for hydroxylation is 1. The second-order valence-electron chi connectivity index (χ2n) is 5.94. The Morgan fingerprint density at radius 2 is 2.08 bits per heavy atom. The van der Waals surface area contributed by atoms with Gasteiger partial charge in [-0.2, -0.15) is 0 Å². The maximum absolute atomic E-state index is 12.7. The zero-order chi connectivity index (χ0) is 18.5. The van der Waals surface area contributed by atoms with Crippen molar-refractivity contribution < 1.29 is 9.53 Å². The van der Waals surface area contributed by atoms with Gasteiger partial charge in [-0.1, -0.05) is 41.9 Å². The van der Waals surface area contributed by atoms with Crippen molar-refractivity contribution in [1.82, 2.24) is 14.9 Å². The lowest BCUT2D eigenvalue weighted by molar-refractivity contribution is -0.121. The number of amides is 1. The fourth-order valence-electron chi connectivity index (χ4n) is 2.80. The van der Waals surface area contributed by atoms with E-state index in [1.807, 2.05) is 60.3 Å². The molecule has 0 saturated heterocycles. The predicted molar refractivity (Wildman–Crippen MR) is 101 cm³/mol. The zero-order valence-corrected chi connectivity index (χ0v) is 15.4. The van der Waals surface area contributed by atoms with Gasteiger partial charge in [-0.25, -0.2) is 4.98 Å². The Morgan fingerprint density at radius 3 is 2.77 bits per heavy atom. The molecule has 1 N–H and O–H groups in total. The molecule has 26 heavy (non-hydrogen) atoms. The number of carbonyl (C=O) groups excluding carboxylic acids is 1. The quantitative estimate of drug-likeness (QED) is 0.723. The first kappa shape index (κ1) is 18.0. The lowest BCUT2D eigenvalue weighted by Crippen LogP contribution is -2.32. The SMILES string of the molecule is COc1cccc([C@H](NC(=O)Cc2ccccc2Cl)c2nccn2C)c1. The largest absolute Gasteiger partial charge is 0.497 e. The molecule has 3 aromatic rings. The van der Waals surface area contributed by atoms with E-state index in [9.17, 15) is 4.79 Å². The van der Waals surface area contributed by atoms with Gasteiger partial charge in [-0.05, 0) is 29.3 Å². The van der Waals surface area contributed by atoms with Crippen LogP contribution in [0, 0.1) is 0 Å². The molecule has 1 heterocycles. The van der Waals surface area contributed by atoms with Crippen LogP contribution in [0.5, 0.6) is 5.75 Å². The van der Waals surface area contributed by atoms with Crippen LogP contribution >= 0.6 is 11.6 Å². The maximum atomic E-state index is 12.7. The molecule has 0 aliphatic heterocycles. The van der Waals surface area contributed by atoms with Crippen molar-refractivity contribution in [3.8, 4) is 5.75 Å². The molecule has 0 aliphatic rings. The van der Waals surface area contributed by atoms with Crippen LogP contribution in [0.2, 0.25) is 5.02 Å². The molecule has 0 fully saturated rings. The first-order valence-electron chi connectivity index (χ1n) is 8.22. The van der Waals surface area contributed by atoms with Crippen molar-refractivity contribution in [3.63, 3.8) is 0 Å². The highest BCUT2D eigenvalue weighted by molar-refractivity contribution is 6.31. The smallest absolute Gasteiger partial charge is 0.225 e. The Balaban J connectivity index is 1.88. The summed E-state index contributed by atoms with van der Waals surface area (Å²) in [4.78, 5) is 17.1. The van der Waals surface area contributed by atoms with Crippen LogP contribution in [0.3, 0.4) is 0 Å². The molecule has 1 amide bonds. The summed E-state index contributed by atoms with van der Waals surface area (Å²) in [5.41, 5.74) is 1.68. The summed E-state index contributed by atoms with van der Waals surface area (Å²) in [5, 5.41) is 3.65. The fraction of sp³-hybridized carbons (Fsp3) is 0.200. The van der Waals surface area contributed by atoms with Crippen molar-refractivity contribution in [2.75, 3.05) is 7.11 Å². The number of nitrogens with one attached hydrogen (secondary N) is 1. The summed E-state index contributed by atoms with van der Waals surface area (Å²) >= 11 is 6.17. The second-order valence-corrected chi connectivity index (χ2v) is 6.35. The number of rotatable bonds is 6. The maximum Gasteiger partial charge on any atom is 0.225 e. The van der Waals surface area contributed by atoms with E-state index in [4.69, 9.17) is 16.3 Å². The Hall–Kier alpha value is -2.79. The number of hydrogen-bond acceptors (Lipinski definition) is 3. The Labute approximate surface area is 157 Å². The molecule has 3 rings (SSSR count). The van der Waals surface area contributed by atoms with E-state index >= 15 is 0 Å². The van der Waals surface area contributed by atoms with Gasteiger partial charge >= 0.3 is 0 Å². The summed E-state index contributed by atoms with van der Waals surface area (Å²) < 4.78 is 7.20. The molecule has 134 valence electrons.